The summed E-state index contributed by atoms with van der Waals surface area (Å²) in [5, 5.41) is 16.8. The molecular formula is C13H12N4O2S. The van der Waals surface area contributed by atoms with E-state index in [0.29, 0.717) is 22.6 Å². The molecule has 6 nitrogen and oxygen atoms in total. The van der Waals surface area contributed by atoms with Crippen LogP contribution in [0.3, 0.4) is 0 Å². The molecule has 0 fully saturated rings. The van der Waals surface area contributed by atoms with Crippen molar-refractivity contribution in [1.82, 2.24) is 0 Å². The largest absolute Gasteiger partial charge is 0.399 e. The molecule has 0 radical (unpaired) electrons. The lowest BCUT2D eigenvalue weighted by Gasteiger charge is -2.11. The maximum atomic E-state index is 11.5. The Kier molecular flexibility index (Phi) is 3.61. The van der Waals surface area contributed by atoms with Crippen LogP contribution in [0.5, 0.6) is 0 Å². The number of sulfonamides is 1. The van der Waals surface area contributed by atoms with Crippen molar-refractivity contribution in [2.24, 2.45) is 5.14 Å². The smallest absolute Gasteiger partial charge is 0.240 e. The van der Waals surface area contributed by atoms with E-state index in [-0.39, 0.29) is 4.90 Å². The first kappa shape index (κ1) is 13.9. The highest BCUT2D eigenvalue weighted by atomic mass is 32.2. The molecule has 0 atom stereocenters. The lowest BCUT2D eigenvalue weighted by atomic mass is 10.2. The van der Waals surface area contributed by atoms with Gasteiger partial charge in [0.1, 0.15) is 4.90 Å². The minimum Gasteiger partial charge on any atom is -0.399 e. The van der Waals surface area contributed by atoms with Gasteiger partial charge in [-0.2, -0.15) is 5.26 Å². The Labute approximate surface area is 116 Å². The first-order valence-corrected chi connectivity index (χ1v) is 7.14. The van der Waals surface area contributed by atoms with Crippen molar-refractivity contribution < 1.29 is 8.42 Å². The normalized spacial score (nSPS) is 10.8. The Morgan fingerprint density at radius 2 is 1.75 bits per heavy atom. The minimum atomic E-state index is -3.88. The van der Waals surface area contributed by atoms with Gasteiger partial charge in [0.05, 0.1) is 17.3 Å². The summed E-state index contributed by atoms with van der Waals surface area (Å²) in [7, 11) is -3.88. The quantitative estimate of drug-likeness (QED) is 0.739. The first-order valence-electron chi connectivity index (χ1n) is 5.59. The fourth-order valence-corrected chi connectivity index (χ4v) is 2.39. The Morgan fingerprint density at radius 1 is 1.10 bits per heavy atom. The number of nitrogens with two attached hydrogens (primary N) is 2. The molecule has 20 heavy (non-hydrogen) atoms. The molecule has 0 aromatic heterocycles. The van der Waals surface area contributed by atoms with Crippen LogP contribution in [0, 0.1) is 11.3 Å². The molecule has 0 bridgehead atoms. The molecule has 2 aromatic carbocycles. The molecule has 0 spiro atoms. The van der Waals surface area contributed by atoms with Crippen molar-refractivity contribution in [3.05, 3.63) is 48.0 Å². The van der Waals surface area contributed by atoms with Crippen molar-refractivity contribution >= 4 is 27.1 Å². The summed E-state index contributed by atoms with van der Waals surface area (Å²) in [5.74, 6) is 0. The standard InChI is InChI=1S/C13H12N4O2S/c14-8-9-1-4-11(5-2-9)17-12-6-3-10(15)7-13(12)20(16,18)19/h1-7,17H,15H2,(H2,16,18,19). The highest BCUT2D eigenvalue weighted by Gasteiger charge is 2.14. The summed E-state index contributed by atoms with van der Waals surface area (Å²) >= 11 is 0. The maximum absolute atomic E-state index is 11.5. The zero-order valence-electron chi connectivity index (χ0n) is 10.4. The molecule has 0 unspecified atom stereocenters. The zero-order valence-corrected chi connectivity index (χ0v) is 11.2. The van der Waals surface area contributed by atoms with Crippen LogP contribution in [-0.2, 0) is 10.0 Å². The highest BCUT2D eigenvalue weighted by Crippen LogP contribution is 2.26. The first-order chi connectivity index (χ1) is 9.40. The summed E-state index contributed by atoms with van der Waals surface area (Å²) in [6.45, 7) is 0. The Balaban J connectivity index is 2.41. The number of primary sulfonamides is 1. The van der Waals surface area contributed by atoms with Crippen molar-refractivity contribution in [3.8, 4) is 6.07 Å². The topological polar surface area (TPSA) is 122 Å². The second-order valence-corrected chi connectivity index (χ2v) is 5.64. The monoisotopic (exact) mass is 288 g/mol. The van der Waals surface area contributed by atoms with Crippen LogP contribution in [0.4, 0.5) is 17.1 Å². The Bertz CT molecular complexity index is 777. The van der Waals surface area contributed by atoms with Crippen molar-refractivity contribution in [3.63, 3.8) is 0 Å². The number of hydrogen-bond donors (Lipinski definition) is 3. The third-order valence-corrected chi connectivity index (χ3v) is 3.56. The lowest BCUT2D eigenvalue weighted by molar-refractivity contribution is 0.598. The maximum Gasteiger partial charge on any atom is 0.240 e. The van der Waals surface area contributed by atoms with Crippen LogP contribution in [0.1, 0.15) is 5.56 Å². The fraction of sp³-hybridized carbons (Fsp3) is 0. The van der Waals surface area contributed by atoms with Gasteiger partial charge in [-0.25, -0.2) is 13.6 Å². The molecular weight excluding hydrogens is 276 g/mol. The van der Waals surface area contributed by atoms with E-state index < -0.39 is 10.0 Å². The van der Waals surface area contributed by atoms with Crippen LogP contribution in [0.2, 0.25) is 0 Å². The van der Waals surface area contributed by atoms with Gasteiger partial charge in [0.25, 0.3) is 0 Å². The number of nitrogen functional groups attached to an aromatic ring is 1. The fourth-order valence-electron chi connectivity index (χ4n) is 1.66. The van der Waals surface area contributed by atoms with Crippen LogP contribution in [0.25, 0.3) is 0 Å². The molecule has 0 aliphatic rings. The molecule has 0 aliphatic carbocycles. The number of rotatable bonds is 3. The van der Waals surface area contributed by atoms with Gasteiger partial charge in [0.15, 0.2) is 0 Å². The molecule has 0 heterocycles. The van der Waals surface area contributed by atoms with E-state index in [2.05, 4.69) is 5.32 Å². The van der Waals surface area contributed by atoms with Gasteiger partial charge < -0.3 is 11.1 Å². The number of nitrogens with zero attached hydrogens (tertiary/aromatic N) is 1. The molecule has 0 aliphatic heterocycles. The van der Waals surface area contributed by atoms with E-state index >= 15 is 0 Å². The minimum absolute atomic E-state index is 0.0816. The molecule has 0 saturated carbocycles. The zero-order chi connectivity index (χ0) is 14.8. The number of nitriles is 1. The molecule has 5 N–H and O–H groups in total. The van der Waals surface area contributed by atoms with Gasteiger partial charge in [0, 0.05) is 11.4 Å². The van der Waals surface area contributed by atoms with E-state index in [1.807, 2.05) is 6.07 Å². The number of hydrogen-bond acceptors (Lipinski definition) is 5. The SMILES string of the molecule is N#Cc1ccc(Nc2ccc(N)cc2S(N)(=O)=O)cc1. The summed E-state index contributed by atoms with van der Waals surface area (Å²) < 4.78 is 23.1. The predicted octanol–water partition coefficient (Wildman–Crippen LogP) is 1.53. The average Bonchev–Trinajstić information content (AvgIpc) is 2.40. The van der Waals surface area contributed by atoms with Crippen LogP contribution >= 0.6 is 0 Å². The van der Waals surface area contributed by atoms with Gasteiger partial charge in [-0.15, -0.1) is 0 Å². The summed E-state index contributed by atoms with van der Waals surface area (Å²) in [4.78, 5) is -0.0816. The van der Waals surface area contributed by atoms with E-state index in [9.17, 15) is 8.42 Å². The highest BCUT2D eigenvalue weighted by molar-refractivity contribution is 7.89. The molecule has 2 aromatic rings. The lowest BCUT2D eigenvalue weighted by Crippen LogP contribution is -2.14. The van der Waals surface area contributed by atoms with Gasteiger partial charge >= 0.3 is 0 Å². The van der Waals surface area contributed by atoms with Crippen LogP contribution < -0.4 is 16.2 Å². The Morgan fingerprint density at radius 3 is 2.30 bits per heavy atom. The second kappa shape index (κ2) is 5.21. The number of nitrogens with one attached hydrogen (secondary N) is 1. The molecule has 7 heteroatoms. The van der Waals surface area contributed by atoms with Crippen LogP contribution in [-0.4, -0.2) is 8.42 Å². The Hall–Kier alpha value is -2.56. The van der Waals surface area contributed by atoms with E-state index in [1.54, 1.807) is 30.3 Å². The van der Waals surface area contributed by atoms with E-state index in [0.717, 1.165) is 0 Å². The summed E-state index contributed by atoms with van der Waals surface area (Å²) in [6, 6.07) is 13.0. The molecule has 0 amide bonds. The van der Waals surface area contributed by atoms with Gasteiger partial charge in [-0.3, -0.25) is 0 Å². The van der Waals surface area contributed by atoms with Crippen molar-refractivity contribution in [1.29, 1.82) is 5.26 Å². The van der Waals surface area contributed by atoms with Crippen molar-refractivity contribution in [2.45, 2.75) is 4.90 Å². The predicted molar refractivity (Wildman–Crippen MR) is 76.7 cm³/mol. The van der Waals surface area contributed by atoms with E-state index in [1.165, 1.54) is 12.1 Å². The number of anilines is 3. The second-order valence-electron chi connectivity index (χ2n) is 4.11. The summed E-state index contributed by atoms with van der Waals surface area (Å²) in [6.07, 6.45) is 0. The van der Waals surface area contributed by atoms with Crippen molar-refractivity contribution in [2.75, 3.05) is 11.1 Å². The van der Waals surface area contributed by atoms with Gasteiger partial charge in [0.2, 0.25) is 10.0 Å². The molecule has 102 valence electrons. The third kappa shape index (κ3) is 3.06. The van der Waals surface area contributed by atoms with E-state index in [4.69, 9.17) is 16.1 Å². The number of benzene rings is 2. The average molecular weight is 288 g/mol. The molecule has 2 rings (SSSR count). The third-order valence-electron chi connectivity index (χ3n) is 2.61. The van der Waals surface area contributed by atoms with Crippen LogP contribution in [0.15, 0.2) is 47.4 Å². The van der Waals surface area contributed by atoms with Gasteiger partial charge in [-0.1, -0.05) is 0 Å². The molecule has 0 saturated heterocycles. The summed E-state index contributed by atoms with van der Waals surface area (Å²) in [5.41, 5.74) is 7.35. The van der Waals surface area contributed by atoms with Gasteiger partial charge in [-0.05, 0) is 42.5 Å².